The second-order valence-electron chi connectivity index (χ2n) is 7.96. The highest BCUT2D eigenvalue weighted by Gasteiger charge is 2.23. The number of anilines is 1. The zero-order chi connectivity index (χ0) is 19.1. The van der Waals surface area contributed by atoms with Gasteiger partial charge in [-0.1, -0.05) is 13.8 Å². The maximum absolute atomic E-state index is 5.94. The first kappa shape index (κ1) is 23.7. The lowest BCUT2D eigenvalue weighted by Gasteiger charge is -2.35. The first-order valence-electron chi connectivity index (χ1n) is 10.2. The largest absolute Gasteiger partial charge is 0.374 e. The van der Waals surface area contributed by atoms with Crippen LogP contribution in [0, 0.1) is 5.92 Å². The Hall–Kier alpha value is -0.580. The van der Waals surface area contributed by atoms with Crippen molar-refractivity contribution in [2.45, 2.75) is 38.8 Å². The van der Waals surface area contributed by atoms with Gasteiger partial charge in [0.1, 0.15) is 0 Å². The van der Waals surface area contributed by atoms with Gasteiger partial charge in [0, 0.05) is 52.4 Å². The van der Waals surface area contributed by atoms with Crippen LogP contribution in [0.2, 0.25) is 0 Å². The van der Waals surface area contributed by atoms with Crippen molar-refractivity contribution in [1.82, 2.24) is 15.5 Å². The summed E-state index contributed by atoms with van der Waals surface area (Å²) in [4.78, 5) is 9.41. The molecule has 0 aliphatic carbocycles. The van der Waals surface area contributed by atoms with E-state index >= 15 is 0 Å². The maximum atomic E-state index is 5.94. The molecule has 0 bridgehead atoms. The SMILES string of the molecule is CN=C(NCC1CN(CC(C)C)CCO1)NC1CCN(c2cccs2)CC1.I. The molecule has 0 aromatic carbocycles. The summed E-state index contributed by atoms with van der Waals surface area (Å²) in [6.07, 6.45) is 2.51. The second-order valence-corrected chi connectivity index (χ2v) is 8.88. The van der Waals surface area contributed by atoms with Crippen molar-refractivity contribution >= 4 is 46.3 Å². The number of nitrogens with one attached hydrogen (secondary N) is 2. The third-order valence-electron chi connectivity index (χ3n) is 5.22. The van der Waals surface area contributed by atoms with Gasteiger partial charge in [-0.25, -0.2) is 0 Å². The molecule has 3 heterocycles. The number of aliphatic imine (C=N–C) groups is 1. The van der Waals surface area contributed by atoms with Gasteiger partial charge < -0.3 is 20.3 Å². The molecule has 0 amide bonds. The lowest BCUT2D eigenvalue weighted by molar-refractivity contribution is -0.0284. The lowest BCUT2D eigenvalue weighted by Crippen LogP contribution is -2.52. The molecule has 2 N–H and O–H groups in total. The number of morpholine rings is 1. The molecule has 1 aromatic heterocycles. The van der Waals surface area contributed by atoms with Crippen LogP contribution in [0.15, 0.2) is 22.5 Å². The predicted octanol–water partition coefficient (Wildman–Crippen LogP) is 2.86. The number of hydrogen-bond donors (Lipinski definition) is 2. The summed E-state index contributed by atoms with van der Waals surface area (Å²) in [6.45, 7) is 11.6. The number of guanidine groups is 1. The molecule has 3 rings (SSSR count). The van der Waals surface area contributed by atoms with Crippen LogP contribution in [-0.2, 0) is 4.74 Å². The molecule has 0 saturated carbocycles. The third kappa shape index (κ3) is 7.35. The molecule has 0 radical (unpaired) electrons. The molecule has 1 atom stereocenters. The summed E-state index contributed by atoms with van der Waals surface area (Å²) in [7, 11) is 1.85. The Kier molecular flexibility index (Phi) is 10.3. The number of hydrogen-bond acceptors (Lipinski definition) is 5. The number of ether oxygens (including phenoxy) is 1. The van der Waals surface area contributed by atoms with Crippen LogP contribution < -0.4 is 15.5 Å². The van der Waals surface area contributed by atoms with Crippen molar-refractivity contribution in [2.75, 3.05) is 57.8 Å². The van der Waals surface area contributed by atoms with Gasteiger partial charge in [-0.05, 0) is 36.3 Å². The lowest BCUT2D eigenvalue weighted by atomic mass is 10.1. The van der Waals surface area contributed by atoms with Crippen LogP contribution >= 0.6 is 35.3 Å². The van der Waals surface area contributed by atoms with Gasteiger partial charge in [0.2, 0.25) is 0 Å². The highest BCUT2D eigenvalue weighted by Crippen LogP contribution is 2.24. The fraction of sp³-hybridized carbons (Fsp3) is 0.750. The van der Waals surface area contributed by atoms with Crippen molar-refractivity contribution in [3.8, 4) is 0 Å². The first-order chi connectivity index (χ1) is 13.1. The number of halogens is 1. The highest BCUT2D eigenvalue weighted by molar-refractivity contribution is 14.0. The molecule has 8 heteroatoms. The van der Waals surface area contributed by atoms with E-state index in [1.54, 1.807) is 0 Å². The smallest absolute Gasteiger partial charge is 0.191 e. The van der Waals surface area contributed by atoms with E-state index in [2.05, 4.69) is 56.8 Å². The molecule has 160 valence electrons. The van der Waals surface area contributed by atoms with Gasteiger partial charge in [-0.2, -0.15) is 0 Å². The van der Waals surface area contributed by atoms with E-state index in [1.165, 1.54) is 5.00 Å². The minimum atomic E-state index is 0. The van der Waals surface area contributed by atoms with Crippen molar-refractivity contribution in [3.63, 3.8) is 0 Å². The van der Waals surface area contributed by atoms with Crippen LogP contribution in [0.25, 0.3) is 0 Å². The Morgan fingerprint density at radius 2 is 2.11 bits per heavy atom. The molecule has 28 heavy (non-hydrogen) atoms. The van der Waals surface area contributed by atoms with Gasteiger partial charge in [-0.3, -0.25) is 9.89 Å². The summed E-state index contributed by atoms with van der Waals surface area (Å²) >= 11 is 1.83. The molecule has 2 fully saturated rings. The van der Waals surface area contributed by atoms with Crippen LogP contribution in [-0.4, -0.2) is 75.9 Å². The third-order valence-corrected chi connectivity index (χ3v) is 6.15. The molecular weight excluding hydrogens is 485 g/mol. The highest BCUT2D eigenvalue weighted by atomic mass is 127. The number of thiophene rings is 1. The van der Waals surface area contributed by atoms with Crippen molar-refractivity contribution in [3.05, 3.63) is 17.5 Å². The second kappa shape index (κ2) is 12.2. The van der Waals surface area contributed by atoms with Crippen molar-refractivity contribution in [2.24, 2.45) is 10.9 Å². The van der Waals surface area contributed by atoms with E-state index in [0.717, 1.165) is 64.7 Å². The summed E-state index contributed by atoms with van der Waals surface area (Å²) in [6, 6.07) is 4.83. The molecule has 1 unspecified atom stereocenters. The molecule has 0 spiro atoms. The van der Waals surface area contributed by atoms with Gasteiger partial charge in [0.15, 0.2) is 5.96 Å². The standard InChI is InChI=1S/C20H35N5OS.HI/c1-16(2)14-24-10-11-26-18(15-24)13-22-20(21-3)23-17-6-8-25(9-7-17)19-5-4-12-27-19;/h4-5,12,16-18H,6-11,13-15H2,1-3H3,(H2,21,22,23);1H. The summed E-state index contributed by atoms with van der Waals surface area (Å²) in [5, 5.41) is 10.6. The van der Waals surface area contributed by atoms with E-state index in [9.17, 15) is 0 Å². The number of nitrogens with zero attached hydrogens (tertiary/aromatic N) is 3. The molecule has 2 aliphatic rings. The van der Waals surface area contributed by atoms with Crippen LogP contribution in [0.1, 0.15) is 26.7 Å². The van der Waals surface area contributed by atoms with Crippen LogP contribution in [0.5, 0.6) is 0 Å². The maximum Gasteiger partial charge on any atom is 0.191 e. The topological polar surface area (TPSA) is 52.1 Å². The van der Waals surface area contributed by atoms with E-state index in [4.69, 9.17) is 4.74 Å². The average molecular weight is 522 g/mol. The minimum absolute atomic E-state index is 0. The van der Waals surface area contributed by atoms with E-state index in [1.807, 2.05) is 18.4 Å². The molecule has 1 aromatic rings. The van der Waals surface area contributed by atoms with Gasteiger partial charge >= 0.3 is 0 Å². The number of rotatable bonds is 6. The van der Waals surface area contributed by atoms with Crippen molar-refractivity contribution in [1.29, 1.82) is 0 Å². The Morgan fingerprint density at radius 1 is 1.32 bits per heavy atom. The first-order valence-corrected chi connectivity index (χ1v) is 11.1. The fourth-order valence-electron chi connectivity index (χ4n) is 3.88. The van der Waals surface area contributed by atoms with E-state index < -0.39 is 0 Å². The van der Waals surface area contributed by atoms with Crippen LogP contribution in [0.3, 0.4) is 0 Å². The zero-order valence-corrected chi connectivity index (χ0v) is 20.5. The van der Waals surface area contributed by atoms with Gasteiger partial charge in [-0.15, -0.1) is 35.3 Å². The Morgan fingerprint density at radius 3 is 2.75 bits per heavy atom. The molecule has 2 aliphatic heterocycles. The predicted molar refractivity (Wildman–Crippen MR) is 130 cm³/mol. The molecular formula is C20H36IN5OS. The average Bonchev–Trinajstić information content (AvgIpc) is 3.20. The van der Waals surface area contributed by atoms with E-state index in [-0.39, 0.29) is 30.1 Å². The van der Waals surface area contributed by atoms with Gasteiger partial charge in [0.05, 0.1) is 17.7 Å². The number of piperidine rings is 1. The quantitative estimate of drug-likeness (QED) is 0.343. The van der Waals surface area contributed by atoms with Crippen molar-refractivity contribution < 1.29 is 4.74 Å². The zero-order valence-electron chi connectivity index (χ0n) is 17.4. The molecule has 6 nitrogen and oxygen atoms in total. The molecule has 2 saturated heterocycles. The summed E-state index contributed by atoms with van der Waals surface area (Å²) < 4.78 is 5.94. The summed E-state index contributed by atoms with van der Waals surface area (Å²) in [5.41, 5.74) is 0. The fourth-order valence-corrected chi connectivity index (χ4v) is 4.66. The Balaban J connectivity index is 0.00000280. The minimum Gasteiger partial charge on any atom is -0.374 e. The summed E-state index contributed by atoms with van der Waals surface area (Å²) in [5.74, 6) is 1.60. The normalized spacial score (nSPS) is 22.2. The van der Waals surface area contributed by atoms with E-state index in [0.29, 0.717) is 12.0 Å². The Labute approximate surface area is 191 Å². The Bertz CT molecular complexity index is 575. The van der Waals surface area contributed by atoms with Gasteiger partial charge in [0.25, 0.3) is 0 Å². The monoisotopic (exact) mass is 521 g/mol. The van der Waals surface area contributed by atoms with Crippen LogP contribution in [0.4, 0.5) is 5.00 Å².